The zero-order valence-corrected chi connectivity index (χ0v) is 17.4. The molecule has 11 heteroatoms. The molecule has 3 aromatic heterocycles. The SMILES string of the molecule is CC1CN(C(=O)Nc2cnc(-n3nccn3)c(Cl)c2)c2cncc(Br)c2N1C. The molecule has 0 bridgehead atoms. The first kappa shape index (κ1) is 18.6. The second-order valence-corrected chi connectivity index (χ2v) is 7.60. The van der Waals surface area contributed by atoms with E-state index >= 15 is 0 Å². The molecule has 0 saturated carbocycles. The molecule has 1 aliphatic heterocycles. The lowest BCUT2D eigenvalue weighted by molar-refractivity contribution is 0.256. The topological polar surface area (TPSA) is 92.1 Å². The number of urea groups is 1. The van der Waals surface area contributed by atoms with E-state index in [1.165, 1.54) is 23.4 Å². The molecule has 0 aromatic carbocycles. The molecule has 4 rings (SSSR count). The summed E-state index contributed by atoms with van der Waals surface area (Å²) in [6, 6.07) is 1.46. The second kappa shape index (κ2) is 7.36. The highest BCUT2D eigenvalue weighted by molar-refractivity contribution is 9.10. The summed E-state index contributed by atoms with van der Waals surface area (Å²) in [6.45, 7) is 2.57. The zero-order chi connectivity index (χ0) is 19.8. The highest BCUT2D eigenvalue weighted by Crippen LogP contribution is 2.39. The van der Waals surface area contributed by atoms with Crippen LogP contribution in [0.4, 0.5) is 21.9 Å². The van der Waals surface area contributed by atoms with Crippen LogP contribution in [0.15, 0.2) is 41.5 Å². The van der Waals surface area contributed by atoms with Gasteiger partial charge in [-0.25, -0.2) is 9.78 Å². The van der Waals surface area contributed by atoms with Gasteiger partial charge in [0.25, 0.3) is 0 Å². The van der Waals surface area contributed by atoms with Gasteiger partial charge in [0.15, 0.2) is 5.82 Å². The van der Waals surface area contributed by atoms with Gasteiger partial charge in [0.1, 0.15) is 0 Å². The molecule has 28 heavy (non-hydrogen) atoms. The van der Waals surface area contributed by atoms with Gasteiger partial charge < -0.3 is 10.2 Å². The average Bonchev–Trinajstić information content (AvgIpc) is 3.19. The highest BCUT2D eigenvalue weighted by atomic mass is 79.9. The Kier molecular flexibility index (Phi) is 4.90. The Labute approximate surface area is 174 Å². The van der Waals surface area contributed by atoms with Crippen LogP contribution in [-0.2, 0) is 0 Å². The van der Waals surface area contributed by atoms with Crippen molar-refractivity contribution in [2.75, 3.05) is 28.7 Å². The molecule has 0 saturated heterocycles. The predicted molar refractivity (Wildman–Crippen MR) is 110 cm³/mol. The van der Waals surface area contributed by atoms with Crippen LogP contribution in [0.5, 0.6) is 0 Å². The van der Waals surface area contributed by atoms with Gasteiger partial charge in [-0.3, -0.25) is 9.88 Å². The van der Waals surface area contributed by atoms with Crippen molar-refractivity contribution in [3.63, 3.8) is 0 Å². The third kappa shape index (κ3) is 3.29. The molecule has 0 spiro atoms. The molecule has 0 radical (unpaired) electrons. The van der Waals surface area contributed by atoms with Crippen molar-refractivity contribution in [3.8, 4) is 5.82 Å². The average molecular weight is 464 g/mol. The van der Waals surface area contributed by atoms with Crippen molar-refractivity contribution >= 4 is 50.6 Å². The molecular weight excluding hydrogens is 448 g/mol. The first-order valence-electron chi connectivity index (χ1n) is 8.43. The molecule has 2 amide bonds. The van der Waals surface area contributed by atoms with Gasteiger partial charge in [0, 0.05) is 25.8 Å². The number of amides is 2. The number of hydrogen-bond acceptors (Lipinski definition) is 6. The van der Waals surface area contributed by atoms with E-state index in [-0.39, 0.29) is 12.1 Å². The number of fused-ring (bicyclic) bond motifs is 1. The Morgan fingerprint density at radius 2 is 2.04 bits per heavy atom. The molecule has 1 aliphatic rings. The quantitative estimate of drug-likeness (QED) is 0.627. The number of carbonyl (C=O) groups excluding carboxylic acids is 1. The summed E-state index contributed by atoms with van der Waals surface area (Å²) in [5.41, 5.74) is 2.12. The zero-order valence-electron chi connectivity index (χ0n) is 15.0. The van der Waals surface area contributed by atoms with Crippen LogP contribution in [0, 0.1) is 0 Å². The van der Waals surface area contributed by atoms with E-state index in [0.29, 0.717) is 23.1 Å². The van der Waals surface area contributed by atoms with Crippen LogP contribution >= 0.6 is 27.5 Å². The van der Waals surface area contributed by atoms with Crippen LogP contribution in [0.1, 0.15) is 6.92 Å². The van der Waals surface area contributed by atoms with Gasteiger partial charge in [0.2, 0.25) is 0 Å². The van der Waals surface area contributed by atoms with Gasteiger partial charge >= 0.3 is 6.03 Å². The normalized spacial score (nSPS) is 16.1. The summed E-state index contributed by atoms with van der Waals surface area (Å²) in [6.07, 6.45) is 7.98. The lowest BCUT2D eigenvalue weighted by atomic mass is 10.1. The maximum Gasteiger partial charge on any atom is 0.326 e. The van der Waals surface area contributed by atoms with Crippen molar-refractivity contribution < 1.29 is 4.79 Å². The molecule has 3 aromatic rings. The van der Waals surface area contributed by atoms with E-state index in [2.05, 4.69) is 53.2 Å². The van der Waals surface area contributed by atoms with E-state index in [1.807, 2.05) is 7.05 Å². The molecule has 0 aliphatic carbocycles. The fourth-order valence-corrected chi connectivity index (χ4v) is 3.87. The molecule has 4 heterocycles. The first-order chi connectivity index (χ1) is 13.5. The fraction of sp³-hybridized carbons (Fsp3) is 0.235. The Morgan fingerprint density at radius 3 is 2.75 bits per heavy atom. The number of pyridine rings is 2. The minimum Gasteiger partial charge on any atom is -0.367 e. The largest absolute Gasteiger partial charge is 0.367 e. The summed E-state index contributed by atoms with van der Waals surface area (Å²) in [4.78, 5) is 26.5. The van der Waals surface area contributed by atoms with Crippen LogP contribution < -0.4 is 15.1 Å². The van der Waals surface area contributed by atoms with Crippen molar-refractivity contribution in [3.05, 3.63) is 46.5 Å². The van der Waals surface area contributed by atoms with E-state index in [1.54, 1.807) is 23.4 Å². The Morgan fingerprint density at radius 1 is 1.29 bits per heavy atom. The molecule has 9 nitrogen and oxygen atoms in total. The summed E-state index contributed by atoms with van der Waals surface area (Å²) in [7, 11) is 2.00. The number of likely N-dealkylation sites (N-methyl/N-ethyl adjacent to an activating group) is 1. The van der Waals surface area contributed by atoms with Crippen molar-refractivity contribution in [1.82, 2.24) is 25.0 Å². The fourth-order valence-electron chi connectivity index (χ4n) is 3.02. The van der Waals surface area contributed by atoms with Gasteiger partial charge in [0.05, 0.1) is 51.3 Å². The number of rotatable bonds is 2. The molecule has 1 N–H and O–H groups in total. The lowest BCUT2D eigenvalue weighted by Crippen LogP contribution is -2.49. The minimum absolute atomic E-state index is 0.131. The van der Waals surface area contributed by atoms with Gasteiger partial charge in [-0.1, -0.05) is 11.6 Å². The van der Waals surface area contributed by atoms with Crippen molar-refractivity contribution in [2.24, 2.45) is 0 Å². The van der Waals surface area contributed by atoms with E-state index in [4.69, 9.17) is 11.6 Å². The number of aromatic nitrogens is 5. The third-order valence-corrected chi connectivity index (χ3v) is 5.39. The van der Waals surface area contributed by atoms with E-state index < -0.39 is 0 Å². The summed E-state index contributed by atoms with van der Waals surface area (Å²) >= 11 is 9.81. The predicted octanol–water partition coefficient (Wildman–Crippen LogP) is 3.35. The monoisotopic (exact) mass is 462 g/mol. The first-order valence-corrected chi connectivity index (χ1v) is 9.60. The van der Waals surface area contributed by atoms with Gasteiger partial charge in [-0.2, -0.15) is 10.2 Å². The van der Waals surface area contributed by atoms with Gasteiger partial charge in [-0.05, 0) is 28.9 Å². The minimum atomic E-state index is -0.288. The second-order valence-electron chi connectivity index (χ2n) is 6.34. The summed E-state index contributed by atoms with van der Waals surface area (Å²) in [5.74, 6) is 0.386. The van der Waals surface area contributed by atoms with Crippen molar-refractivity contribution in [2.45, 2.75) is 13.0 Å². The van der Waals surface area contributed by atoms with Crippen molar-refractivity contribution in [1.29, 1.82) is 0 Å². The van der Waals surface area contributed by atoms with E-state index in [9.17, 15) is 4.79 Å². The molecular formula is C17H16BrClN8O. The molecule has 144 valence electrons. The summed E-state index contributed by atoms with van der Waals surface area (Å²) in [5, 5.41) is 11.2. The number of carbonyl (C=O) groups is 1. The molecule has 1 unspecified atom stereocenters. The maximum absolute atomic E-state index is 13.0. The van der Waals surface area contributed by atoms with Crippen LogP contribution in [0.2, 0.25) is 5.02 Å². The third-order valence-electron chi connectivity index (χ3n) is 4.53. The summed E-state index contributed by atoms with van der Waals surface area (Å²) < 4.78 is 0.831. The van der Waals surface area contributed by atoms with Crippen LogP contribution in [0.3, 0.4) is 0 Å². The number of anilines is 3. The Balaban J connectivity index is 1.60. The number of hydrogen-bond donors (Lipinski definition) is 1. The number of nitrogens with zero attached hydrogens (tertiary/aromatic N) is 7. The van der Waals surface area contributed by atoms with Crippen LogP contribution in [0.25, 0.3) is 5.82 Å². The Hall–Kier alpha value is -2.72. The maximum atomic E-state index is 13.0. The molecule has 1 atom stereocenters. The van der Waals surface area contributed by atoms with Gasteiger partial charge in [-0.15, -0.1) is 4.80 Å². The highest BCUT2D eigenvalue weighted by Gasteiger charge is 2.31. The number of halogens is 2. The van der Waals surface area contributed by atoms with E-state index in [0.717, 1.165) is 15.8 Å². The van der Waals surface area contributed by atoms with Crippen LogP contribution in [-0.4, -0.2) is 50.6 Å². The number of nitrogens with one attached hydrogen (secondary N) is 1. The Bertz CT molecular complexity index is 1030. The lowest BCUT2D eigenvalue weighted by Gasteiger charge is -2.40. The smallest absolute Gasteiger partial charge is 0.326 e. The standard InChI is InChI=1S/C17H16BrClN8O/c1-10-9-26(14-8-20-7-12(18)15(14)25(10)2)17(28)24-11-5-13(19)16(21-6-11)27-22-3-4-23-27/h3-8,10H,9H2,1-2H3,(H,24,28). The molecule has 0 fully saturated rings.